The normalized spacial score (nSPS) is 18.4. The summed E-state index contributed by atoms with van der Waals surface area (Å²) in [7, 11) is 0. The first-order valence-corrected chi connectivity index (χ1v) is 8.47. The lowest BCUT2D eigenvalue weighted by atomic mass is 10.1. The number of carbonyl (C=O) groups is 3. The molecule has 1 aliphatic heterocycles. The number of nitrogens with one attached hydrogen (secondary N) is 3. The van der Waals surface area contributed by atoms with Crippen molar-refractivity contribution in [3.05, 3.63) is 11.8 Å². The van der Waals surface area contributed by atoms with E-state index < -0.39 is 24.1 Å². The summed E-state index contributed by atoms with van der Waals surface area (Å²) >= 11 is 0. The molecule has 27 heavy (non-hydrogen) atoms. The quantitative estimate of drug-likeness (QED) is 0.356. The van der Waals surface area contributed by atoms with Gasteiger partial charge >= 0.3 is 12.0 Å². The molecule has 3 amide bonds. The van der Waals surface area contributed by atoms with Gasteiger partial charge in [-0.3, -0.25) is 4.79 Å². The Hall–Kier alpha value is -2.73. The number of urea groups is 1. The number of nitrogens with two attached hydrogens (primary N) is 1. The van der Waals surface area contributed by atoms with Crippen LogP contribution in [0.4, 0.5) is 4.79 Å². The average Bonchev–Trinajstić information content (AvgIpc) is 3.06. The molecule has 0 radical (unpaired) electrons. The standard InChI is InChI=1S/C13H21N5O5.C2H5NO/c1-7(19)10(12(20)21)16-13(22)15-6-9-17-18-11(23-9)8-4-2-3-5-14-8;1-2(3)4/h7-8,10,14,19H,2-6H2,1H3,(H,20,21)(H2,15,16,22);1H3,(H2,3,4). The monoisotopic (exact) mass is 386 g/mol. The Balaban J connectivity index is 0.000000828. The van der Waals surface area contributed by atoms with Gasteiger partial charge in [0.2, 0.25) is 17.7 Å². The van der Waals surface area contributed by atoms with Gasteiger partial charge in [0.1, 0.15) is 0 Å². The third-order valence-electron chi connectivity index (χ3n) is 3.53. The topological polar surface area (TPSA) is 193 Å². The number of aliphatic carboxylic acids is 1. The zero-order chi connectivity index (χ0) is 20.4. The number of carbonyl (C=O) groups excluding carboxylic acids is 2. The van der Waals surface area contributed by atoms with Gasteiger partial charge in [-0.1, -0.05) is 6.42 Å². The van der Waals surface area contributed by atoms with E-state index in [-0.39, 0.29) is 24.4 Å². The highest BCUT2D eigenvalue weighted by atomic mass is 16.4. The maximum absolute atomic E-state index is 11.6. The molecule has 1 aromatic rings. The first-order chi connectivity index (χ1) is 12.7. The summed E-state index contributed by atoms with van der Waals surface area (Å²) in [5.74, 6) is -0.945. The number of aliphatic hydroxyl groups is 1. The van der Waals surface area contributed by atoms with Gasteiger partial charge in [-0.25, -0.2) is 9.59 Å². The zero-order valence-corrected chi connectivity index (χ0v) is 15.3. The molecule has 0 aromatic carbocycles. The van der Waals surface area contributed by atoms with E-state index >= 15 is 0 Å². The van der Waals surface area contributed by atoms with Crippen molar-refractivity contribution in [1.29, 1.82) is 0 Å². The molecular formula is C15H26N6O6. The van der Waals surface area contributed by atoms with Crippen molar-refractivity contribution < 1.29 is 29.0 Å². The summed E-state index contributed by atoms with van der Waals surface area (Å²) in [6.07, 6.45) is 1.91. The number of carboxylic acid groups (broad SMARTS) is 1. The largest absolute Gasteiger partial charge is 0.480 e. The minimum atomic E-state index is -1.39. The summed E-state index contributed by atoms with van der Waals surface area (Å²) in [5, 5.41) is 33.8. The van der Waals surface area contributed by atoms with E-state index in [2.05, 4.69) is 31.9 Å². The van der Waals surface area contributed by atoms with Crippen molar-refractivity contribution in [3.63, 3.8) is 0 Å². The van der Waals surface area contributed by atoms with Crippen LogP contribution < -0.4 is 21.7 Å². The number of hydrogen-bond acceptors (Lipinski definition) is 8. The lowest BCUT2D eigenvalue weighted by Gasteiger charge is -2.19. The number of hydrogen-bond donors (Lipinski definition) is 6. The Kier molecular flexibility index (Phi) is 9.16. The molecule has 12 nitrogen and oxygen atoms in total. The molecular weight excluding hydrogens is 360 g/mol. The molecule has 3 unspecified atom stereocenters. The van der Waals surface area contributed by atoms with E-state index in [0.717, 1.165) is 25.8 Å². The molecule has 152 valence electrons. The highest BCUT2D eigenvalue weighted by Gasteiger charge is 2.25. The maximum Gasteiger partial charge on any atom is 0.328 e. The van der Waals surface area contributed by atoms with Crippen LogP contribution >= 0.6 is 0 Å². The molecule has 2 heterocycles. The minimum absolute atomic E-state index is 0.0301. The first-order valence-electron chi connectivity index (χ1n) is 8.47. The Morgan fingerprint density at radius 2 is 2.04 bits per heavy atom. The lowest BCUT2D eigenvalue weighted by Crippen LogP contribution is -2.51. The summed E-state index contributed by atoms with van der Waals surface area (Å²) in [6, 6.07) is -2.10. The second kappa shape index (κ2) is 11.1. The minimum Gasteiger partial charge on any atom is -0.480 e. The maximum atomic E-state index is 11.6. The third-order valence-corrected chi connectivity index (χ3v) is 3.53. The number of aromatic nitrogens is 2. The molecule has 1 saturated heterocycles. The summed E-state index contributed by atoms with van der Waals surface area (Å²) in [4.78, 5) is 31.7. The summed E-state index contributed by atoms with van der Waals surface area (Å²) in [6.45, 7) is 3.46. The van der Waals surface area contributed by atoms with Crippen LogP contribution in [0.3, 0.4) is 0 Å². The van der Waals surface area contributed by atoms with E-state index in [9.17, 15) is 19.5 Å². The highest BCUT2D eigenvalue weighted by molar-refractivity contribution is 5.82. The number of amides is 3. The van der Waals surface area contributed by atoms with Crippen molar-refractivity contribution in [2.75, 3.05) is 6.54 Å². The second-order valence-corrected chi connectivity index (χ2v) is 6.03. The predicted molar refractivity (Wildman–Crippen MR) is 92.2 cm³/mol. The smallest absolute Gasteiger partial charge is 0.328 e. The van der Waals surface area contributed by atoms with Crippen molar-refractivity contribution in [1.82, 2.24) is 26.1 Å². The Labute approximate surface area is 155 Å². The molecule has 0 bridgehead atoms. The van der Waals surface area contributed by atoms with Gasteiger partial charge in [-0.15, -0.1) is 10.2 Å². The van der Waals surface area contributed by atoms with Crippen molar-refractivity contribution in [2.24, 2.45) is 5.73 Å². The summed E-state index contributed by atoms with van der Waals surface area (Å²) < 4.78 is 5.48. The van der Waals surface area contributed by atoms with Crippen LogP contribution in [0.1, 0.15) is 50.9 Å². The van der Waals surface area contributed by atoms with Gasteiger partial charge in [0.05, 0.1) is 18.7 Å². The summed E-state index contributed by atoms with van der Waals surface area (Å²) in [5.41, 5.74) is 4.47. The third kappa shape index (κ3) is 8.46. The van der Waals surface area contributed by atoms with E-state index in [1.165, 1.54) is 13.8 Å². The molecule has 12 heteroatoms. The van der Waals surface area contributed by atoms with Crippen molar-refractivity contribution in [3.8, 4) is 0 Å². The van der Waals surface area contributed by atoms with Gasteiger partial charge < -0.3 is 36.3 Å². The van der Waals surface area contributed by atoms with E-state index in [1.54, 1.807) is 0 Å². The molecule has 0 saturated carbocycles. The van der Waals surface area contributed by atoms with E-state index in [0.29, 0.717) is 5.89 Å². The number of primary amides is 1. The van der Waals surface area contributed by atoms with Crippen LogP contribution in [-0.4, -0.2) is 57.0 Å². The van der Waals surface area contributed by atoms with Crippen LogP contribution in [0.5, 0.6) is 0 Å². The molecule has 0 aliphatic carbocycles. The van der Waals surface area contributed by atoms with Gasteiger partial charge in [0.15, 0.2) is 6.04 Å². The lowest BCUT2D eigenvalue weighted by molar-refractivity contribution is -0.141. The molecule has 1 fully saturated rings. The van der Waals surface area contributed by atoms with E-state index in [4.69, 9.17) is 9.52 Å². The first kappa shape index (κ1) is 22.3. The fourth-order valence-corrected chi connectivity index (χ4v) is 2.28. The van der Waals surface area contributed by atoms with Gasteiger partial charge in [0.25, 0.3) is 0 Å². The van der Waals surface area contributed by atoms with Gasteiger partial charge in [-0.2, -0.15) is 0 Å². The fraction of sp³-hybridized carbons (Fsp3) is 0.667. The Morgan fingerprint density at radius 1 is 1.37 bits per heavy atom. The van der Waals surface area contributed by atoms with Gasteiger partial charge in [0, 0.05) is 6.92 Å². The number of rotatable bonds is 6. The molecule has 0 spiro atoms. The van der Waals surface area contributed by atoms with Crippen LogP contribution in [0, 0.1) is 0 Å². The second-order valence-electron chi connectivity index (χ2n) is 6.03. The average molecular weight is 386 g/mol. The fourth-order valence-electron chi connectivity index (χ4n) is 2.28. The SMILES string of the molecule is CC(N)=O.CC(O)C(NC(=O)NCc1nnc(C2CCCCN2)o1)C(=O)O. The number of piperidine rings is 1. The number of nitrogens with zero attached hydrogens (tertiary/aromatic N) is 2. The van der Waals surface area contributed by atoms with E-state index in [1.807, 2.05) is 0 Å². The molecule has 1 aromatic heterocycles. The van der Waals surface area contributed by atoms with Crippen molar-refractivity contribution in [2.45, 2.75) is 57.8 Å². The Morgan fingerprint density at radius 3 is 2.56 bits per heavy atom. The highest BCUT2D eigenvalue weighted by Crippen LogP contribution is 2.21. The molecule has 2 rings (SSSR count). The molecule has 7 N–H and O–H groups in total. The molecule has 1 aliphatic rings. The van der Waals surface area contributed by atoms with Crippen molar-refractivity contribution >= 4 is 17.9 Å². The number of aliphatic hydroxyl groups excluding tert-OH is 1. The van der Waals surface area contributed by atoms with Crippen LogP contribution in [0.2, 0.25) is 0 Å². The van der Waals surface area contributed by atoms with Crippen LogP contribution in [0.25, 0.3) is 0 Å². The van der Waals surface area contributed by atoms with Crippen LogP contribution in [-0.2, 0) is 16.1 Å². The van der Waals surface area contributed by atoms with Crippen LogP contribution in [0.15, 0.2) is 4.42 Å². The molecule has 3 atom stereocenters. The van der Waals surface area contributed by atoms with Gasteiger partial charge in [-0.05, 0) is 26.3 Å². The zero-order valence-electron chi connectivity index (χ0n) is 15.3. The predicted octanol–water partition coefficient (Wildman–Crippen LogP) is -0.991. The Bertz CT molecular complexity index is 624. The number of carboxylic acids is 1.